The molecule has 10 rings (SSSR count). The summed E-state index contributed by atoms with van der Waals surface area (Å²) in [6.45, 7) is 9.16. The molecule has 0 aliphatic rings. The maximum Gasteiger partial charge on any atom is 0.0351 e. The van der Waals surface area contributed by atoms with Gasteiger partial charge >= 0.3 is 0 Å². The lowest BCUT2D eigenvalue weighted by Crippen LogP contribution is -1.94. The van der Waals surface area contributed by atoms with E-state index in [1.807, 2.05) is 45.3 Å². The molecule has 6 aromatic carbocycles. The Bertz CT molecular complexity index is 2900. The first-order valence-electron chi connectivity index (χ1n) is 25.9. The third kappa shape index (κ3) is 10.4. The van der Waals surface area contributed by atoms with Gasteiger partial charge in [0.15, 0.2) is 0 Å². The van der Waals surface area contributed by atoms with Gasteiger partial charge in [-0.25, -0.2) is 0 Å². The van der Waals surface area contributed by atoms with E-state index in [9.17, 15) is 0 Å². The third-order valence-electron chi connectivity index (χ3n) is 13.8. The normalized spacial score (nSPS) is 11.5. The number of aryl methyl sites for hydroxylation is 4. The summed E-state index contributed by atoms with van der Waals surface area (Å²) in [5.41, 5.74) is 15.4. The molecular weight excluding hydrogens is 921 g/mol. The summed E-state index contributed by atoms with van der Waals surface area (Å²) >= 11 is 7.85. The van der Waals surface area contributed by atoms with Crippen LogP contribution in [-0.2, 0) is 25.7 Å². The summed E-state index contributed by atoms with van der Waals surface area (Å²) in [7, 11) is 0. The molecule has 0 nitrogen and oxygen atoms in total. The fourth-order valence-corrected chi connectivity index (χ4v) is 14.4. The molecule has 0 fully saturated rings. The van der Waals surface area contributed by atoms with Crippen LogP contribution >= 0.6 is 45.3 Å². The van der Waals surface area contributed by atoms with Gasteiger partial charge in [-0.05, 0) is 202 Å². The fourth-order valence-electron chi connectivity index (χ4n) is 10.0. The number of thiophene rings is 4. The van der Waals surface area contributed by atoms with Crippen molar-refractivity contribution in [3.63, 3.8) is 0 Å². The van der Waals surface area contributed by atoms with Gasteiger partial charge in [0.25, 0.3) is 0 Å². The van der Waals surface area contributed by atoms with Gasteiger partial charge in [-0.15, -0.1) is 45.3 Å². The number of hydrogen-bond donors (Lipinski definition) is 0. The summed E-state index contributed by atoms with van der Waals surface area (Å²) in [4.78, 5) is 11.2. The summed E-state index contributed by atoms with van der Waals surface area (Å²) in [5, 5.41) is 2.50. The Kier molecular flexibility index (Phi) is 15.5. The highest BCUT2D eigenvalue weighted by atomic mass is 32.1. The molecule has 352 valence electrons. The van der Waals surface area contributed by atoms with Gasteiger partial charge in [0.05, 0.1) is 0 Å². The highest BCUT2D eigenvalue weighted by Gasteiger charge is 2.22. The molecule has 0 amide bonds. The summed E-state index contributed by atoms with van der Waals surface area (Å²) in [6.07, 6.45) is 14.2. The van der Waals surface area contributed by atoms with Crippen molar-refractivity contribution in [1.82, 2.24) is 0 Å². The van der Waals surface area contributed by atoms with E-state index in [4.69, 9.17) is 0 Å². The van der Waals surface area contributed by atoms with Crippen LogP contribution in [-0.4, -0.2) is 0 Å². The van der Waals surface area contributed by atoms with Crippen LogP contribution in [0.3, 0.4) is 0 Å². The van der Waals surface area contributed by atoms with E-state index in [1.165, 1.54) is 168 Å². The lowest BCUT2D eigenvalue weighted by molar-refractivity contribution is 0.804. The van der Waals surface area contributed by atoms with Crippen molar-refractivity contribution in [2.75, 3.05) is 0 Å². The molecule has 4 aromatic heterocycles. The van der Waals surface area contributed by atoms with Crippen LogP contribution in [0.1, 0.15) is 98.6 Å². The quantitative estimate of drug-likeness (QED) is 0.0714. The molecule has 0 bridgehead atoms. The fraction of sp³-hybridized carbons (Fsp3) is 0.242. The number of unbranched alkanes of at least 4 members (excludes halogenated alkanes) is 4. The molecule has 0 atom stereocenters. The minimum atomic E-state index is 1.13. The highest BCUT2D eigenvalue weighted by Crippen LogP contribution is 2.49. The zero-order valence-electron chi connectivity index (χ0n) is 41.3. The number of benzene rings is 6. The molecule has 0 radical (unpaired) electrons. The maximum atomic E-state index is 2.53. The van der Waals surface area contributed by atoms with Gasteiger partial charge in [0.1, 0.15) is 0 Å². The molecule has 0 saturated carbocycles. The molecular formula is C66H64S4. The lowest BCUT2D eigenvalue weighted by Gasteiger charge is -2.21. The SMILES string of the molecule is CCCCc1ccc(-c2ccccc2-c2cc3cc(-c4ccccc4-c4ccc(CCCC)s4)c(-c4ccccc4-c4ccc(CCCC)s4)cc3cc2-c2ccccc2-c2ccc(CCCC)s2)s1. The predicted octanol–water partition coefficient (Wildman–Crippen LogP) is 21.8. The Hall–Kier alpha value is -5.62. The van der Waals surface area contributed by atoms with E-state index in [2.05, 4.69) is 198 Å². The molecule has 4 heteroatoms. The molecule has 70 heavy (non-hydrogen) atoms. The summed E-state index contributed by atoms with van der Waals surface area (Å²) < 4.78 is 0. The summed E-state index contributed by atoms with van der Waals surface area (Å²) in [6, 6.07) is 65.7. The minimum Gasteiger partial charge on any atom is -0.140 e. The number of hydrogen-bond acceptors (Lipinski definition) is 4. The van der Waals surface area contributed by atoms with Crippen LogP contribution in [0.5, 0.6) is 0 Å². The molecule has 0 aliphatic heterocycles. The Morgan fingerprint density at radius 3 is 0.671 bits per heavy atom. The second-order valence-electron chi connectivity index (χ2n) is 18.8. The van der Waals surface area contributed by atoms with Crippen molar-refractivity contribution < 1.29 is 0 Å². The molecule has 0 unspecified atom stereocenters. The standard InChI is InChI=1S/C66H64S4/c1-5-9-21-47-33-37-63(67-47)55-29-17-13-25-51(55)59-41-45-43-61(53-27-15-19-31-57(53)65-39-35-49(69-65)23-11-7-3)62(54-28-16-20-32-58(54)66-40-36-50(70-66)24-12-8-4)44-46(45)42-60(59)52-26-14-18-30-56(52)64-38-34-48(68-64)22-10-6-2/h13-20,25-44H,5-12,21-24H2,1-4H3. The Morgan fingerprint density at radius 1 is 0.243 bits per heavy atom. The highest BCUT2D eigenvalue weighted by molar-refractivity contribution is 7.16. The van der Waals surface area contributed by atoms with Crippen molar-refractivity contribution in [3.8, 4) is 86.3 Å². The van der Waals surface area contributed by atoms with E-state index in [0.717, 1.165) is 25.7 Å². The van der Waals surface area contributed by atoms with E-state index in [0.29, 0.717) is 0 Å². The van der Waals surface area contributed by atoms with E-state index < -0.39 is 0 Å². The maximum absolute atomic E-state index is 2.53. The average Bonchev–Trinajstić information content (AvgIpc) is 4.27. The lowest BCUT2D eigenvalue weighted by atomic mass is 9.83. The van der Waals surface area contributed by atoms with Crippen LogP contribution in [0.25, 0.3) is 97.0 Å². The average molecular weight is 986 g/mol. The van der Waals surface area contributed by atoms with Crippen LogP contribution in [0.15, 0.2) is 170 Å². The first-order chi connectivity index (χ1) is 34.5. The first kappa shape index (κ1) is 48.0. The van der Waals surface area contributed by atoms with E-state index in [-0.39, 0.29) is 0 Å². The van der Waals surface area contributed by atoms with E-state index in [1.54, 1.807) is 0 Å². The smallest absolute Gasteiger partial charge is 0.0351 e. The molecule has 10 aromatic rings. The van der Waals surface area contributed by atoms with Crippen LogP contribution in [0.2, 0.25) is 0 Å². The van der Waals surface area contributed by atoms with Crippen molar-refractivity contribution in [1.29, 1.82) is 0 Å². The van der Waals surface area contributed by atoms with Crippen molar-refractivity contribution >= 4 is 56.1 Å². The van der Waals surface area contributed by atoms with Crippen molar-refractivity contribution in [3.05, 3.63) is 189 Å². The van der Waals surface area contributed by atoms with Gasteiger partial charge in [-0.3, -0.25) is 0 Å². The second-order valence-corrected chi connectivity index (χ2v) is 23.5. The van der Waals surface area contributed by atoms with Gasteiger partial charge in [0.2, 0.25) is 0 Å². The monoisotopic (exact) mass is 984 g/mol. The predicted molar refractivity (Wildman–Crippen MR) is 313 cm³/mol. The first-order valence-corrected chi connectivity index (χ1v) is 29.2. The summed E-state index contributed by atoms with van der Waals surface area (Å²) in [5.74, 6) is 0. The van der Waals surface area contributed by atoms with Crippen molar-refractivity contribution in [2.45, 2.75) is 105 Å². The molecule has 0 saturated heterocycles. The topological polar surface area (TPSA) is 0 Å². The Labute approximate surface area is 433 Å². The number of rotatable bonds is 20. The zero-order chi connectivity index (χ0) is 47.8. The van der Waals surface area contributed by atoms with Gasteiger partial charge in [-0.1, -0.05) is 150 Å². The van der Waals surface area contributed by atoms with Gasteiger partial charge < -0.3 is 0 Å². The van der Waals surface area contributed by atoms with E-state index >= 15 is 0 Å². The largest absolute Gasteiger partial charge is 0.140 e. The number of fused-ring (bicyclic) bond motifs is 1. The minimum absolute atomic E-state index is 1.13. The van der Waals surface area contributed by atoms with Gasteiger partial charge in [0, 0.05) is 39.0 Å². The molecule has 0 N–H and O–H groups in total. The third-order valence-corrected chi connectivity index (χ3v) is 18.5. The van der Waals surface area contributed by atoms with Crippen LogP contribution < -0.4 is 0 Å². The molecule has 0 aliphatic carbocycles. The molecule has 0 spiro atoms. The zero-order valence-corrected chi connectivity index (χ0v) is 44.6. The van der Waals surface area contributed by atoms with Crippen LogP contribution in [0.4, 0.5) is 0 Å². The Balaban J connectivity index is 1.24. The van der Waals surface area contributed by atoms with Crippen molar-refractivity contribution in [2.24, 2.45) is 0 Å². The molecule has 4 heterocycles. The second kappa shape index (κ2) is 22.6. The van der Waals surface area contributed by atoms with Gasteiger partial charge in [-0.2, -0.15) is 0 Å². The Morgan fingerprint density at radius 2 is 0.457 bits per heavy atom. The van der Waals surface area contributed by atoms with Crippen LogP contribution in [0, 0.1) is 0 Å².